The molecule has 0 amide bonds. The summed E-state index contributed by atoms with van der Waals surface area (Å²) in [6.45, 7) is 8.47. The highest BCUT2D eigenvalue weighted by Crippen LogP contribution is 2.25. The summed E-state index contributed by atoms with van der Waals surface area (Å²) in [6, 6.07) is 12.6. The predicted molar refractivity (Wildman–Crippen MR) is 79.5 cm³/mol. The molecule has 17 heavy (non-hydrogen) atoms. The second-order valence-electron chi connectivity index (χ2n) is 4.11. The Bertz CT molecular complexity index is 446. The number of aryl methyl sites for hydroxylation is 2. The lowest BCUT2D eigenvalue weighted by atomic mass is 10.2. The average molecular weight is 247 g/mol. The smallest absolute Gasteiger partial charge is 0.0929 e. The van der Waals surface area contributed by atoms with Gasteiger partial charge in [-0.05, 0) is 43.7 Å². The van der Waals surface area contributed by atoms with Gasteiger partial charge in [0.25, 0.3) is 0 Å². The Hall–Kier alpha value is -1.28. The molecule has 0 radical (unpaired) electrons. The van der Waals surface area contributed by atoms with Crippen LogP contribution >= 0.6 is 11.3 Å². The van der Waals surface area contributed by atoms with Crippen LogP contribution in [0.1, 0.15) is 30.7 Å². The maximum atomic E-state index is 3.38. The first-order valence-corrected chi connectivity index (χ1v) is 6.87. The molecule has 0 aliphatic rings. The standard InChI is InChI=1S/C12H13NS.C3H8/c1-9-4-3-5-11(8-9)13-12-7-6-10(2)14-12;1-3-2/h3-8,13H,1-2H3;3H2,1-2H3. The minimum Gasteiger partial charge on any atom is -0.347 e. The Balaban J connectivity index is 0.000000437. The fourth-order valence-corrected chi connectivity index (χ4v) is 2.15. The van der Waals surface area contributed by atoms with Gasteiger partial charge in [0.2, 0.25) is 0 Å². The average Bonchev–Trinajstić information content (AvgIpc) is 2.65. The maximum Gasteiger partial charge on any atom is 0.0929 e. The van der Waals surface area contributed by atoms with E-state index in [9.17, 15) is 0 Å². The summed E-state index contributed by atoms with van der Waals surface area (Å²) in [4.78, 5) is 1.33. The highest BCUT2D eigenvalue weighted by molar-refractivity contribution is 7.16. The van der Waals surface area contributed by atoms with Gasteiger partial charge in [-0.3, -0.25) is 0 Å². The van der Waals surface area contributed by atoms with E-state index in [-0.39, 0.29) is 0 Å². The molecule has 0 atom stereocenters. The topological polar surface area (TPSA) is 12.0 Å². The third kappa shape index (κ3) is 5.05. The molecule has 0 saturated carbocycles. The van der Waals surface area contributed by atoms with Crippen LogP contribution in [0.15, 0.2) is 36.4 Å². The van der Waals surface area contributed by atoms with E-state index in [1.165, 1.54) is 21.9 Å². The fourth-order valence-electron chi connectivity index (χ4n) is 1.37. The highest BCUT2D eigenvalue weighted by atomic mass is 32.1. The molecule has 1 heterocycles. The normalized spacial score (nSPS) is 9.41. The van der Waals surface area contributed by atoms with Crippen molar-refractivity contribution in [3.63, 3.8) is 0 Å². The van der Waals surface area contributed by atoms with Gasteiger partial charge in [-0.15, -0.1) is 11.3 Å². The van der Waals surface area contributed by atoms with E-state index in [2.05, 4.69) is 69.4 Å². The molecule has 0 spiro atoms. The number of benzene rings is 1. The summed E-state index contributed by atoms with van der Waals surface area (Å²) in [7, 11) is 0. The second kappa shape index (κ2) is 7.13. The van der Waals surface area contributed by atoms with Crippen LogP contribution in [0.2, 0.25) is 0 Å². The fraction of sp³-hybridized carbons (Fsp3) is 0.333. The van der Waals surface area contributed by atoms with E-state index in [0.717, 1.165) is 5.69 Å². The summed E-state index contributed by atoms with van der Waals surface area (Å²) in [6.07, 6.45) is 1.25. The Morgan fingerprint density at radius 2 is 1.76 bits per heavy atom. The molecule has 0 saturated heterocycles. The van der Waals surface area contributed by atoms with Gasteiger partial charge in [-0.2, -0.15) is 0 Å². The number of thiophene rings is 1. The van der Waals surface area contributed by atoms with Crippen molar-refractivity contribution in [3.05, 3.63) is 46.8 Å². The summed E-state index contributed by atoms with van der Waals surface area (Å²) in [5.74, 6) is 0. The lowest BCUT2D eigenvalue weighted by molar-refractivity contribution is 1.09. The molecule has 0 aliphatic heterocycles. The molecule has 0 bridgehead atoms. The quantitative estimate of drug-likeness (QED) is 0.736. The first-order valence-electron chi connectivity index (χ1n) is 6.05. The third-order valence-corrected chi connectivity index (χ3v) is 2.94. The molecule has 2 rings (SSSR count). The lowest BCUT2D eigenvalue weighted by Gasteiger charge is -2.03. The molecular formula is C15H21NS. The molecule has 92 valence electrons. The predicted octanol–water partition coefficient (Wildman–Crippen LogP) is 5.52. The maximum absolute atomic E-state index is 3.38. The zero-order valence-corrected chi connectivity index (χ0v) is 11.9. The van der Waals surface area contributed by atoms with Gasteiger partial charge in [-0.1, -0.05) is 32.4 Å². The summed E-state index contributed by atoms with van der Waals surface area (Å²) in [5, 5.41) is 4.59. The third-order valence-electron chi connectivity index (χ3n) is 2.03. The Morgan fingerprint density at radius 3 is 2.29 bits per heavy atom. The molecule has 2 aromatic rings. The van der Waals surface area contributed by atoms with E-state index < -0.39 is 0 Å². The van der Waals surface area contributed by atoms with Crippen LogP contribution in [-0.2, 0) is 0 Å². The molecule has 1 aromatic carbocycles. The Labute approximate surface area is 109 Å². The van der Waals surface area contributed by atoms with Crippen molar-refractivity contribution in [1.29, 1.82) is 0 Å². The molecular weight excluding hydrogens is 226 g/mol. The summed E-state index contributed by atoms with van der Waals surface area (Å²) < 4.78 is 0. The van der Waals surface area contributed by atoms with Crippen molar-refractivity contribution in [2.45, 2.75) is 34.1 Å². The zero-order valence-electron chi connectivity index (χ0n) is 11.1. The summed E-state index contributed by atoms with van der Waals surface area (Å²) >= 11 is 1.78. The molecule has 1 N–H and O–H groups in total. The van der Waals surface area contributed by atoms with Crippen molar-refractivity contribution in [2.75, 3.05) is 5.32 Å². The molecule has 0 fully saturated rings. The number of rotatable bonds is 2. The van der Waals surface area contributed by atoms with E-state index >= 15 is 0 Å². The van der Waals surface area contributed by atoms with Crippen molar-refractivity contribution < 1.29 is 0 Å². The molecule has 1 nitrogen and oxygen atoms in total. The number of nitrogens with one attached hydrogen (secondary N) is 1. The number of hydrogen-bond donors (Lipinski definition) is 1. The van der Waals surface area contributed by atoms with Crippen LogP contribution in [0.5, 0.6) is 0 Å². The largest absolute Gasteiger partial charge is 0.347 e. The second-order valence-corrected chi connectivity index (χ2v) is 5.40. The lowest BCUT2D eigenvalue weighted by Crippen LogP contribution is -1.86. The van der Waals surface area contributed by atoms with Gasteiger partial charge in [0.1, 0.15) is 0 Å². The number of anilines is 2. The van der Waals surface area contributed by atoms with Gasteiger partial charge in [0.15, 0.2) is 0 Å². The summed E-state index contributed by atoms with van der Waals surface area (Å²) in [5.41, 5.74) is 2.44. The zero-order chi connectivity index (χ0) is 12.7. The minimum absolute atomic E-state index is 1.16. The van der Waals surface area contributed by atoms with E-state index in [1.54, 1.807) is 11.3 Å². The first kappa shape index (κ1) is 13.8. The van der Waals surface area contributed by atoms with Gasteiger partial charge < -0.3 is 5.32 Å². The Morgan fingerprint density at radius 1 is 1.06 bits per heavy atom. The Kier molecular flexibility index (Phi) is 5.78. The number of hydrogen-bond acceptors (Lipinski definition) is 2. The first-order chi connectivity index (χ1) is 8.15. The van der Waals surface area contributed by atoms with Crippen molar-refractivity contribution in [3.8, 4) is 0 Å². The monoisotopic (exact) mass is 247 g/mol. The highest BCUT2D eigenvalue weighted by Gasteiger charge is 1.96. The van der Waals surface area contributed by atoms with Gasteiger partial charge >= 0.3 is 0 Å². The SMILES string of the molecule is CCC.Cc1cccc(Nc2ccc(C)s2)c1. The molecule has 2 heteroatoms. The molecule has 0 aliphatic carbocycles. The molecule has 0 unspecified atom stereocenters. The van der Waals surface area contributed by atoms with Gasteiger partial charge in [0.05, 0.1) is 5.00 Å². The van der Waals surface area contributed by atoms with Crippen LogP contribution in [0.3, 0.4) is 0 Å². The van der Waals surface area contributed by atoms with Gasteiger partial charge in [0, 0.05) is 10.6 Å². The van der Waals surface area contributed by atoms with E-state index in [0.29, 0.717) is 0 Å². The van der Waals surface area contributed by atoms with E-state index in [4.69, 9.17) is 0 Å². The van der Waals surface area contributed by atoms with Crippen LogP contribution < -0.4 is 5.32 Å². The molecule has 1 aromatic heterocycles. The van der Waals surface area contributed by atoms with Crippen LogP contribution in [0, 0.1) is 13.8 Å². The van der Waals surface area contributed by atoms with Crippen molar-refractivity contribution in [2.24, 2.45) is 0 Å². The van der Waals surface area contributed by atoms with E-state index in [1.807, 2.05) is 0 Å². The van der Waals surface area contributed by atoms with Crippen molar-refractivity contribution >= 4 is 22.0 Å². The van der Waals surface area contributed by atoms with Crippen molar-refractivity contribution in [1.82, 2.24) is 0 Å². The van der Waals surface area contributed by atoms with Crippen LogP contribution in [-0.4, -0.2) is 0 Å². The van der Waals surface area contributed by atoms with Crippen LogP contribution in [0.4, 0.5) is 10.7 Å². The van der Waals surface area contributed by atoms with Gasteiger partial charge in [-0.25, -0.2) is 0 Å². The van der Waals surface area contributed by atoms with Crippen LogP contribution in [0.25, 0.3) is 0 Å². The minimum atomic E-state index is 1.16.